The van der Waals surface area contributed by atoms with Crippen LogP contribution < -0.4 is 0 Å². The average Bonchev–Trinajstić information content (AvgIpc) is 3.41. The number of ketones is 1. The Labute approximate surface area is 174 Å². The first-order chi connectivity index (χ1) is 14.7. The minimum absolute atomic E-state index is 0.0452. The van der Waals surface area contributed by atoms with Gasteiger partial charge in [-0.25, -0.2) is 4.98 Å². The van der Waals surface area contributed by atoms with Gasteiger partial charge in [-0.15, -0.1) is 0 Å². The molecule has 6 heteroatoms. The van der Waals surface area contributed by atoms with Gasteiger partial charge in [0.1, 0.15) is 6.04 Å². The standard InChI is InChI=1S/C24H22N4O2/c29-21-9-8-18(16-5-2-1-3-6-16)19(21)13-22(30)28-12-10-20-23(27-15-26-20)24(28)17-7-4-11-25-14-17/h1-7,11,14-15,24H,8-10,12-13H2,(H,26,27). The van der Waals surface area contributed by atoms with Crippen LogP contribution in [-0.2, 0) is 16.0 Å². The van der Waals surface area contributed by atoms with Gasteiger partial charge in [0, 0.05) is 43.0 Å². The lowest BCUT2D eigenvalue weighted by molar-refractivity contribution is -0.133. The number of fused-ring (bicyclic) bond motifs is 1. The maximum atomic E-state index is 13.5. The van der Waals surface area contributed by atoms with Gasteiger partial charge in [0.15, 0.2) is 5.78 Å². The first-order valence-electron chi connectivity index (χ1n) is 10.2. The molecule has 0 radical (unpaired) electrons. The Morgan fingerprint density at radius 1 is 1.10 bits per heavy atom. The Morgan fingerprint density at radius 3 is 2.77 bits per heavy atom. The van der Waals surface area contributed by atoms with Crippen molar-refractivity contribution in [3.05, 3.63) is 89.3 Å². The van der Waals surface area contributed by atoms with Crippen molar-refractivity contribution in [1.82, 2.24) is 19.9 Å². The van der Waals surface area contributed by atoms with E-state index in [0.29, 0.717) is 25.0 Å². The van der Waals surface area contributed by atoms with Crippen molar-refractivity contribution in [2.24, 2.45) is 0 Å². The van der Waals surface area contributed by atoms with Crippen molar-refractivity contribution in [3.8, 4) is 0 Å². The zero-order valence-corrected chi connectivity index (χ0v) is 16.5. The van der Waals surface area contributed by atoms with Crippen molar-refractivity contribution in [3.63, 3.8) is 0 Å². The highest BCUT2D eigenvalue weighted by atomic mass is 16.2. The van der Waals surface area contributed by atoms with Crippen LogP contribution in [0.25, 0.3) is 5.57 Å². The number of allylic oxidation sites excluding steroid dienone is 1. The smallest absolute Gasteiger partial charge is 0.227 e. The number of hydrogen-bond acceptors (Lipinski definition) is 4. The van der Waals surface area contributed by atoms with Gasteiger partial charge in [-0.1, -0.05) is 36.4 Å². The molecule has 5 rings (SSSR count). The predicted molar refractivity (Wildman–Crippen MR) is 112 cm³/mol. The third kappa shape index (κ3) is 3.24. The van der Waals surface area contributed by atoms with Crippen molar-refractivity contribution >= 4 is 17.3 Å². The molecule has 1 atom stereocenters. The Bertz CT molecular complexity index is 1120. The van der Waals surface area contributed by atoms with Gasteiger partial charge in [0.05, 0.1) is 18.4 Å². The molecule has 1 N–H and O–H groups in total. The molecule has 6 nitrogen and oxygen atoms in total. The minimum atomic E-state index is -0.293. The lowest BCUT2D eigenvalue weighted by Crippen LogP contribution is -2.41. The first-order valence-corrected chi connectivity index (χ1v) is 10.2. The van der Waals surface area contributed by atoms with Crippen LogP contribution in [0.3, 0.4) is 0 Å². The molecule has 1 aromatic carbocycles. The number of carbonyl (C=O) groups excluding carboxylic acids is 2. The fourth-order valence-electron chi connectivity index (χ4n) is 4.55. The number of benzene rings is 1. The summed E-state index contributed by atoms with van der Waals surface area (Å²) in [4.78, 5) is 39.9. The minimum Gasteiger partial charge on any atom is -0.348 e. The van der Waals surface area contributed by atoms with E-state index in [1.807, 2.05) is 47.4 Å². The maximum Gasteiger partial charge on any atom is 0.227 e. The van der Waals surface area contributed by atoms with Crippen LogP contribution in [0, 0.1) is 0 Å². The highest BCUT2D eigenvalue weighted by molar-refractivity contribution is 6.10. The summed E-state index contributed by atoms with van der Waals surface area (Å²) in [5.41, 5.74) is 5.53. The van der Waals surface area contributed by atoms with Gasteiger partial charge in [-0.3, -0.25) is 14.6 Å². The second kappa shape index (κ2) is 7.71. The maximum absolute atomic E-state index is 13.5. The number of pyridine rings is 1. The number of aromatic amines is 1. The number of Topliss-reactive ketones (excluding diaryl/α,β-unsaturated/α-hetero) is 1. The van der Waals surface area contributed by atoms with Gasteiger partial charge in [-0.05, 0) is 29.2 Å². The summed E-state index contributed by atoms with van der Waals surface area (Å²) in [7, 11) is 0. The molecule has 0 saturated heterocycles. The molecule has 0 saturated carbocycles. The number of H-pyrrole nitrogens is 1. The van der Waals surface area contributed by atoms with Crippen LogP contribution in [0.1, 0.15) is 47.8 Å². The molecule has 30 heavy (non-hydrogen) atoms. The van der Waals surface area contributed by atoms with E-state index < -0.39 is 0 Å². The number of hydrogen-bond donors (Lipinski definition) is 1. The topological polar surface area (TPSA) is 79.0 Å². The van der Waals surface area contributed by atoms with Crippen molar-refractivity contribution < 1.29 is 9.59 Å². The van der Waals surface area contributed by atoms with Crippen LogP contribution in [-0.4, -0.2) is 38.1 Å². The summed E-state index contributed by atoms with van der Waals surface area (Å²) in [5, 5.41) is 0. The van der Waals surface area contributed by atoms with Crippen molar-refractivity contribution in [1.29, 1.82) is 0 Å². The molecule has 3 heterocycles. The van der Waals surface area contributed by atoms with Crippen molar-refractivity contribution in [2.45, 2.75) is 31.7 Å². The van der Waals surface area contributed by atoms with E-state index >= 15 is 0 Å². The zero-order valence-electron chi connectivity index (χ0n) is 16.5. The monoisotopic (exact) mass is 398 g/mol. The molecule has 0 bridgehead atoms. The Hall–Kier alpha value is -3.54. The quantitative estimate of drug-likeness (QED) is 0.730. The second-order valence-corrected chi connectivity index (χ2v) is 7.72. The summed E-state index contributed by atoms with van der Waals surface area (Å²) in [5.74, 6) is 0.0359. The van der Waals surface area contributed by atoms with Crippen LogP contribution >= 0.6 is 0 Å². The van der Waals surface area contributed by atoms with Gasteiger partial charge in [0.25, 0.3) is 0 Å². The SMILES string of the molecule is O=C1CCC(c2ccccc2)=C1CC(=O)N1CCc2[nH]cnc2C1c1cccnc1. The van der Waals surface area contributed by atoms with E-state index in [1.165, 1.54) is 0 Å². The average molecular weight is 398 g/mol. The number of imidazole rings is 1. The fraction of sp³-hybridized carbons (Fsp3) is 0.250. The van der Waals surface area contributed by atoms with E-state index in [9.17, 15) is 9.59 Å². The van der Waals surface area contributed by atoms with E-state index in [2.05, 4.69) is 15.0 Å². The molecule has 150 valence electrons. The van der Waals surface area contributed by atoms with Gasteiger partial charge in [0.2, 0.25) is 5.91 Å². The summed E-state index contributed by atoms with van der Waals surface area (Å²) >= 11 is 0. The normalized spacial score (nSPS) is 18.6. The third-order valence-electron chi connectivity index (χ3n) is 6.00. The zero-order chi connectivity index (χ0) is 20.5. The van der Waals surface area contributed by atoms with Crippen LogP contribution in [0.5, 0.6) is 0 Å². The summed E-state index contributed by atoms with van der Waals surface area (Å²) in [6.07, 6.45) is 7.19. The third-order valence-corrected chi connectivity index (χ3v) is 6.00. The lowest BCUT2D eigenvalue weighted by Gasteiger charge is -2.35. The summed E-state index contributed by atoms with van der Waals surface area (Å²) < 4.78 is 0. The van der Waals surface area contributed by atoms with Crippen LogP contribution in [0.2, 0.25) is 0 Å². The van der Waals surface area contributed by atoms with E-state index in [0.717, 1.165) is 34.5 Å². The molecule has 2 aromatic heterocycles. The molecule has 1 aliphatic heterocycles. The van der Waals surface area contributed by atoms with Gasteiger partial charge in [-0.2, -0.15) is 0 Å². The molecule has 3 aromatic rings. The van der Waals surface area contributed by atoms with E-state index in [4.69, 9.17) is 0 Å². The molecule has 0 fully saturated rings. The van der Waals surface area contributed by atoms with Crippen LogP contribution in [0.4, 0.5) is 0 Å². The number of nitrogens with zero attached hydrogens (tertiary/aromatic N) is 3. The Balaban J connectivity index is 1.49. The van der Waals surface area contributed by atoms with Crippen LogP contribution in [0.15, 0.2) is 66.8 Å². The highest BCUT2D eigenvalue weighted by Gasteiger charge is 2.36. The second-order valence-electron chi connectivity index (χ2n) is 7.72. The first kappa shape index (κ1) is 18.5. The number of rotatable bonds is 4. The number of aromatic nitrogens is 3. The molecular formula is C24H22N4O2. The molecule has 2 aliphatic rings. The van der Waals surface area contributed by atoms with Crippen molar-refractivity contribution in [2.75, 3.05) is 6.54 Å². The van der Waals surface area contributed by atoms with E-state index in [1.54, 1.807) is 18.7 Å². The largest absolute Gasteiger partial charge is 0.348 e. The van der Waals surface area contributed by atoms with Gasteiger partial charge >= 0.3 is 0 Å². The Kier molecular flexibility index (Phi) is 4.75. The summed E-state index contributed by atoms with van der Waals surface area (Å²) in [6, 6.07) is 13.4. The Morgan fingerprint density at radius 2 is 1.97 bits per heavy atom. The van der Waals surface area contributed by atoms with Gasteiger partial charge < -0.3 is 9.88 Å². The highest BCUT2D eigenvalue weighted by Crippen LogP contribution is 2.37. The van der Waals surface area contributed by atoms with E-state index in [-0.39, 0.29) is 24.2 Å². The molecular weight excluding hydrogens is 376 g/mol. The molecule has 1 unspecified atom stereocenters. The molecule has 1 amide bonds. The lowest BCUT2D eigenvalue weighted by atomic mass is 9.95. The molecule has 1 aliphatic carbocycles. The summed E-state index contributed by atoms with van der Waals surface area (Å²) in [6.45, 7) is 0.579. The molecule has 0 spiro atoms. The predicted octanol–water partition coefficient (Wildman–Crippen LogP) is 3.49. The number of carbonyl (C=O) groups is 2. The number of amides is 1. The number of nitrogens with one attached hydrogen (secondary N) is 1. The fourth-order valence-corrected chi connectivity index (χ4v) is 4.55.